The number of nitrogens with zero attached hydrogens (tertiary/aromatic N) is 1. The third-order valence-corrected chi connectivity index (χ3v) is 4.47. The molecule has 0 unspecified atom stereocenters. The lowest BCUT2D eigenvalue weighted by molar-refractivity contribution is -0.126. The van der Waals surface area contributed by atoms with E-state index >= 15 is 0 Å². The van der Waals surface area contributed by atoms with Crippen LogP contribution in [0, 0.1) is 13.8 Å². The first kappa shape index (κ1) is 17.0. The molecule has 2 amide bonds. The number of likely N-dealkylation sites (tertiary alicyclic amines) is 1. The maximum absolute atomic E-state index is 12.8. The van der Waals surface area contributed by atoms with Gasteiger partial charge in [0.2, 0.25) is 0 Å². The summed E-state index contributed by atoms with van der Waals surface area (Å²) in [5.74, 6) is 0.0578. The standard InChI is InChI=1S/C20H22N2O3/c1-14-7-8-16(12-15(14)2)19(23)21-18(13-17-6-5-11-25-17)20(24)22-9-3-4-10-22/h5-8,11-13H,3-4,9-10H2,1-2H3,(H,21,23)/b18-13+. The summed E-state index contributed by atoms with van der Waals surface area (Å²) in [7, 11) is 0. The average Bonchev–Trinajstić information content (AvgIpc) is 3.29. The number of benzene rings is 1. The van der Waals surface area contributed by atoms with Gasteiger partial charge < -0.3 is 14.6 Å². The van der Waals surface area contributed by atoms with E-state index in [2.05, 4.69) is 5.32 Å². The number of furan rings is 1. The lowest BCUT2D eigenvalue weighted by Gasteiger charge is -2.18. The molecule has 1 aromatic heterocycles. The van der Waals surface area contributed by atoms with Gasteiger partial charge in [-0.2, -0.15) is 0 Å². The molecule has 0 bridgehead atoms. The minimum atomic E-state index is -0.298. The fourth-order valence-electron chi connectivity index (χ4n) is 2.83. The van der Waals surface area contributed by atoms with Gasteiger partial charge in [0.15, 0.2) is 0 Å². The molecule has 5 heteroatoms. The van der Waals surface area contributed by atoms with Crippen molar-refractivity contribution in [1.29, 1.82) is 0 Å². The number of rotatable bonds is 4. The topological polar surface area (TPSA) is 62.6 Å². The summed E-state index contributed by atoms with van der Waals surface area (Å²) in [5, 5.41) is 2.77. The Morgan fingerprint density at radius 3 is 2.52 bits per heavy atom. The molecule has 25 heavy (non-hydrogen) atoms. The van der Waals surface area contributed by atoms with Crippen molar-refractivity contribution in [1.82, 2.24) is 10.2 Å². The number of hydrogen-bond acceptors (Lipinski definition) is 3. The third kappa shape index (κ3) is 3.99. The molecule has 2 heterocycles. The highest BCUT2D eigenvalue weighted by atomic mass is 16.3. The lowest BCUT2D eigenvalue weighted by atomic mass is 10.1. The van der Waals surface area contributed by atoms with Crippen molar-refractivity contribution >= 4 is 17.9 Å². The van der Waals surface area contributed by atoms with Crippen LogP contribution >= 0.6 is 0 Å². The van der Waals surface area contributed by atoms with Crippen LogP contribution in [0.1, 0.15) is 40.1 Å². The van der Waals surface area contributed by atoms with Crippen molar-refractivity contribution < 1.29 is 14.0 Å². The normalized spacial score (nSPS) is 14.6. The summed E-state index contributed by atoms with van der Waals surface area (Å²) < 4.78 is 5.30. The molecule has 0 radical (unpaired) electrons. The van der Waals surface area contributed by atoms with Crippen LogP contribution in [-0.2, 0) is 4.79 Å². The summed E-state index contributed by atoms with van der Waals surface area (Å²) in [6.07, 6.45) is 5.10. The first-order valence-electron chi connectivity index (χ1n) is 8.47. The number of amides is 2. The molecule has 1 N–H and O–H groups in total. The maximum Gasteiger partial charge on any atom is 0.270 e. The van der Waals surface area contributed by atoms with Crippen LogP contribution in [0.2, 0.25) is 0 Å². The van der Waals surface area contributed by atoms with E-state index in [-0.39, 0.29) is 17.5 Å². The molecule has 1 fully saturated rings. The Morgan fingerprint density at radius 1 is 1.12 bits per heavy atom. The van der Waals surface area contributed by atoms with Crippen LogP contribution in [-0.4, -0.2) is 29.8 Å². The van der Waals surface area contributed by atoms with Gasteiger partial charge in [0.1, 0.15) is 11.5 Å². The zero-order valence-corrected chi connectivity index (χ0v) is 14.5. The molecule has 0 saturated carbocycles. The maximum atomic E-state index is 12.8. The summed E-state index contributed by atoms with van der Waals surface area (Å²) in [5.41, 5.74) is 2.92. The van der Waals surface area contributed by atoms with Crippen molar-refractivity contribution in [2.24, 2.45) is 0 Å². The largest absolute Gasteiger partial charge is 0.465 e. The van der Waals surface area contributed by atoms with Gasteiger partial charge in [-0.3, -0.25) is 9.59 Å². The molecular formula is C20H22N2O3. The first-order chi connectivity index (χ1) is 12.0. The van der Waals surface area contributed by atoms with Crippen LogP contribution in [0.25, 0.3) is 6.08 Å². The van der Waals surface area contributed by atoms with Gasteiger partial charge in [-0.1, -0.05) is 6.07 Å². The second kappa shape index (κ2) is 7.38. The molecule has 5 nitrogen and oxygen atoms in total. The van der Waals surface area contributed by atoms with Gasteiger partial charge in [-0.25, -0.2) is 0 Å². The molecule has 2 aromatic rings. The van der Waals surface area contributed by atoms with E-state index in [1.54, 1.807) is 29.2 Å². The Labute approximate surface area is 147 Å². The van der Waals surface area contributed by atoms with Crippen molar-refractivity contribution in [3.63, 3.8) is 0 Å². The predicted octanol–water partition coefficient (Wildman–Crippen LogP) is 3.29. The van der Waals surface area contributed by atoms with Crippen LogP contribution < -0.4 is 5.32 Å². The smallest absolute Gasteiger partial charge is 0.270 e. The van der Waals surface area contributed by atoms with Gasteiger partial charge >= 0.3 is 0 Å². The number of carbonyl (C=O) groups is 2. The molecule has 3 rings (SSSR count). The van der Waals surface area contributed by atoms with Gasteiger partial charge in [0, 0.05) is 24.7 Å². The highest BCUT2D eigenvalue weighted by Crippen LogP contribution is 2.15. The van der Waals surface area contributed by atoms with Gasteiger partial charge in [0.25, 0.3) is 11.8 Å². The zero-order chi connectivity index (χ0) is 17.8. The van der Waals surface area contributed by atoms with E-state index in [1.807, 2.05) is 26.0 Å². The SMILES string of the molecule is Cc1ccc(C(=O)N/C(=C/c2ccco2)C(=O)N2CCCC2)cc1C. The lowest BCUT2D eigenvalue weighted by Crippen LogP contribution is -2.36. The number of hydrogen-bond donors (Lipinski definition) is 1. The Hall–Kier alpha value is -2.82. The van der Waals surface area contributed by atoms with Crippen LogP contribution in [0.15, 0.2) is 46.7 Å². The minimum Gasteiger partial charge on any atom is -0.465 e. The Morgan fingerprint density at radius 2 is 1.88 bits per heavy atom. The molecule has 1 aromatic carbocycles. The van der Waals surface area contributed by atoms with E-state index in [0.29, 0.717) is 24.4 Å². The summed E-state index contributed by atoms with van der Waals surface area (Å²) >= 11 is 0. The quantitative estimate of drug-likeness (QED) is 0.870. The number of carbonyl (C=O) groups excluding carboxylic acids is 2. The van der Waals surface area contributed by atoms with Crippen molar-refractivity contribution in [3.8, 4) is 0 Å². The van der Waals surface area contributed by atoms with Crippen LogP contribution in [0.4, 0.5) is 0 Å². The molecule has 130 valence electrons. The third-order valence-electron chi connectivity index (χ3n) is 4.47. The number of aryl methyl sites for hydroxylation is 2. The molecule has 0 aliphatic carbocycles. The highest BCUT2D eigenvalue weighted by molar-refractivity contribution is 6.05. The average molecular weight is 338 g/mol. The Kier molecular flexibility index (Phi) is 5.03. The van der Waals surface area contributed by atoms with Crippen LogP contribution in [0.3, 0.4) is 0 Å². The monoisotopic (exact) mass is 338 g/mol. The van der Waals surface area contributed by atoms with Crippen molar-refractivity contribution in [3.05, 3.63) is 64.7 Å². The van der Waals surface area contributed by atoms with Crippen LogP contribution in [0.5, 0.6) is 0 Å². The van der Waals surface area contributed by atoms with E-state index in [1.165, 1.54) is 6.26 Å². The van der Waals surface area contributed by atoms with E-state index in [0.717, 1.165) is 24.0 Å². The molecule has 0 spiro atoms. The molecule has 0 atom stereocenters. The molecular weight excluding hydrogens is 316 g/mol. The predicted molar refractivity (Wildman–Crippen MR) is 95.9 cm³/mol. The Bertz CT molecular complexity index is 800. The first-order valence-corrected chi connectivity index (χ1v) is 8.47. The van der Waals surface area contributed by atoms with E-state index in [9.17, 15) is 9.59 Å². The fraction of sp³-hybridized carbons (Fsp3) is 0.300. The van der Waals surface area contributed by atoms with Crippen molar-refractivity contribution in [2.45, 2.75) is 26.7 Å². The fourth-order valence-corrected chi connectivity index (χ4v) is 2.83. The number of nitrogens with one attached hydrogen (secondary N) is 1. The molecule has 1 aliphatic rings. The highest BCUT2D eigenvalue weighted by Gasteiger charge is 2.23. The molecule has 1 aliphatic heterocycles. The van der Waals surface area contributed by atoms with Crippen molar-refractivity contribution in [2.75, 3.05) is 13.1 Å². The van der Waals surface area contributed by atoms with Gasteiger partial charge in [-0.05, 0) is 62.1 Å². The Balaban J connectivity index is 1.85. The van der Waals surface area contributed by atoms with E-state index < -0.39 is 0 Å². The molecule has 1 saturated heterocycles. The van der Waals surface area contributed by atoms with E-state index in [4.69, 9.17) is 4.42 Å². The summed E-state index contributed by atoms with van der Waals surface area (Å²) in [6.45, 7) is 5.39. The summed E-state index contributed by atoms with van der Waals surface area (Å²) in [6, 6.07) is 8.99. The second-order valence-electron chi connectivity index (χ2n) is 6.33. The zero-order valence-electron chi connectivity index (χ0n) is 14.5. The second-order valence-corrected chi connectivity index (χ2v) is 6.33. The summed E-state index contributed by atoms with van der Waals surface area (Å²) in [4.78, 5) is 27.1. The van der Waals surface area contributed by atoms with Gasteiger partial charge in [-0.15, -0.1) is 0 Å². The van der Waals surface area contributed by atoms with Gasteiger partial charge in [0.05, 0.1) is 6.26 Å². The minimum absolute atomic E-state index is 0.175.